The molecule has 0 heterocycles. The first-order valence-electron chi connectivity index (χ1n) is 3.53. The van der Waals surface area contributed by atoms with Crippen molar-refractivity contribution in [3.05, 3.63) is 54.6 Å². The van der Waals surface area contributed by atoms with Gasteiger partial charge in [0.05, 0.1) is 0 Å². The van der Waals surface area contributed by atoms with Crippen LogP contribution in [0.5, 0.6) is 0 Å². The Morgan fingerprint density at radius 1 is 1.33 bits per heavy atom. The number of hydrogen-bond acceptors (Lipinski definition) is 0. The summed E-state index contributed by atoms with van der Waals surface area (Å²) in [6, 6.07) is 9.85. The molecule has 0 bridgehead atoms. The minimum atomic E-state index is 0. The molecule has 0 atom stereocenters. The molecule has 0 spiro atoms. The summed E-state index contributed by atoms with van der Waals surface area (Å²) < 4.78 is 0. The first kappa shape index (κ1) is 11.8. The van der Waals surface area contributed by atoms with Gasteiger partial charge in [0.1, 0.15) is 0 Å². The number of allylic oxidation sites excluding steroid dienone is 3. The maximum Gasteiger partial charge on any atom is 0 e. The van der Waals surface area contributed by atoms with Gasteiger partial charge in [-0.05, 0) is 0 Å². The molecule has 0 N–H and O–H groups in total. The van der Waals surface area contributed by atoms with Crippen molar-refractivity contribution in [1.82, 2.24) is 0 Å². The number of benzene rings is 1. The standard InChI is InChI=1S/C11H10.Y/c1-3-7-10(2)11-8-5-4-6-9-11;/h2,4-9H,1H3;/q-2;. The fourth-order valence-corrected chi connectivity index (χ4v) is 0.869. The Kier molecular flexibility index (Phi) is 6.23. The third-order valence-corrected chi connectivity index (χ3v) is 1.41. The van der Waals surface area contributed by atoms with Gasteiger partial charge in [-0.1, -0.05) is 18.2 Å². The second-order valence-electron chi connectivity index (χ2n) is 2.25. The van der Waals surface area contributed by atoms with E-state index in [9.17, 15) is 0 Å². The fraction of sp³-hybridized carbons (Fsp3) is 0.0909. The third kappa shape index (κ3) is 3.47. The van der Waals surface area contributed by atoms with E-state index in [1.165, 1.54) is 0 Å². The number of hydrogen-bond donors (Lipinski definition) is 0. The predicted octanol–water partition coefficient (Wildman–Crippen LogP) is 2.88. The minimum absolute atomic E-state index is 0. The van der Waals surface area contributed by atoms with Gasteiger partial charge in [-0.15, -0.1) is 19.1 Å². The summed E-state index contributed by atoms with van der Waals surface area (Å²) in [5.74, 6) is 0. The minimum Gasteiger partial charge on any atom is -0.347 e. The summed E-state index contributed by atoms with van der Waals surface area (Å²) in [4.78, 5) is 0. The van der Waals surface area contributed by atoms with Crippen LogP contribution in [0.1, 0.15) is 12.5 Å². The molecule has 12 heavy (non-hydrogen) atoms. The van der Waals surface area contributed by atoms with Crippen molar-refractivity contribution in [1.29, 1.82) is 0 Å². The molecule has 1 aromatic rings. The van der Waals surface area contributed by atoms with Crippen molar-refractivity contribution >= 4 is 5.57 Å². The average Bonchev–Trinajstić information content (AvgIpc) is 2.07. The van der Waals surface area contributed by atoms with Gasteiger partial charge in [-0.25, -0.2) is 5.56 Å². The third-order valence-electron chi connectivity index (χ3n) is 1.41. The normalized spacial score (nSPS) is 9.42. The van der Waals surface area contributed by atoms with E-state index in [4.69, 9.17) is 6.58 Å². The Morgan fingerprint density at radius 3 is 2.42 bits per heavy atom. The zero-order valence-electron chi connectivity index (χ0n) is 7.12. The van der Waals surface area contributed by atoms with Gasteiger partial charge >= 0.3 is 0 Å². The molecule has 0 aromatic heterocycles. The van der Waals surface area contributed by atoms with Crippen LogP contribution in [0.25, 0.3) is 5.57 Å². The summed E-state index contributed by atoms with van der Waals surface area (Å²) in [7, 11) is 0. The van der Waals surface area contributed by atoms with Gasteiger partial charge < -0.3 is 24.3 Å². The maximum absolute atomic E-state index is 5.70. The molecule has 0 aliphatic heterocycles. The zero-order chi connectivity index (χ0) is 8.10. The van der Waals surface area contributed by atoms with E-state index < -0.39 is 0 Å². The first-order chi connectivity index (χ1) is 5.34. The fourth-order valence-electron chi connectivity index (χ4n) is 0.869. The molecular weight excluding hydrogens is 221 g/mol. The van der Waals surface area contributed by atoms with Crippen LogP contribution in [0.3, 0.4) is 0 Å². The van der Waals surface area contributed by atoms with Crippen molar-refractivity contribution in [3.63, 3.8) is 0 Å². The Hall–Kier alpha value is -0.196. The molecule has 1 heteroatoms. The SMILES string of the molecule is [CH-]=C(C=[C-]C)c1ccccc1.[Y]. The summed E-state index contributed by atoms with van der Waals surface area (Å²) in [5.41, 5.74) is 1.80. The van der Waals surface area contributed by atoms with Gasteiger partial charge in [0.15, 0.2) is 0 Å². The van der Waals surface area contributed by atoms with E-state index >= 15 is 0 Å². The monoisotopic (exact) mass is 231 g/mol. The molecule has 0 nitrogen and oxygen atoms in total. The van der Waals surface area contributed by atoms with Gasteiger partial charge in [0, 0.05) is 32.7 Å². The van der Waals surface area contributed by atoms with Gasteiger partial charge in [0.2, 0.25) is 0 Å². The van der Waals surface area contributed by atoms with Crippen molar-refractivity contribution < 1.29 is 32.7 Å². The van der Waals surface area contributed by atoms with E-state index in [0.717, 1.165) is 11.1 Å². The van der Waals surface area contributed by atoms with Crippen molar-refractivity contribution in [3.8, 4) is 0 Å². The average molecular weight is 231 g/mol. The van der Waals surface area contributed by atoms with Gasteiger partial charge in [-0.3, -0.25) is 0 Å². The smallest absolute Gasteiger partial charge is 0 e. The Balaban J connectivity index is 0.00000121. The molecule has 0 amide bonds. The van der Waals surface area contributed by atoms with Crippen LogP contribution in [-0.2, 0) is 32.7 Å². The summed E-state index contributed by atoms with van der Waals surface area (Å²) in [6.45, 7) is 7.53. The largest absolute Gasteiger partial charge is 0.347 e. The van der Waals surface area contributed by atoms with E-state index in [1.54, 1.807) is 6.08 Å². The molecule has 1 rings (SSSR count). The molecule has 0 aliphatic carbocycles. The Bertz CT molecular complexity index is 260. The quantitative estimate of drug-likeness (QED) is 0.542. The second kappa shape index (κ2) is 6.33. The van der Waals surface area contributed by atoms with Gasteiger partial charge in [-0.2, -0.15) is 0 Å². The molecule has 0 saturated carbocycles. The summed E-state index contributed by atoms with van der Waals surface area (Å²) >= 11 is 0. The molecule has 0 saturated heterocycles. The van der Waals surface area contributed by atoms with Crippen LogP contribution in [-0.4, -0.2) is 0 Å². The van der Waals surface area contributed by atoms with Crippen molar-refractivity contribution in [2.75, 3.05) is 0 Å². The topological polar surface area (TPSA) is 0 Å². The Labute approximate surface area is 99.3 Å². The van der Waals surface area contributed by atoms with Gasteiger partial charge in [0.25, 0.3) is 0 Å². The van der Waals surface area contributed by atoms with Crippen LogP contribution in [0, 0.1) is 12.7 Å². The van der Waals surface area contributed by atoms with E-state index in [2.05, 4.69) is 6.08 Å². The predicted molar refractivity (Wildman–Crippen MR) is 47.6 cm³/mol. The van der Waals surface area contributed by atoms with Crippen LogP contribution in [0.15, 0.2) is 36.4 Å². The van der Waals surface area contributed by atoms with Crippen LogP contribution >= 0.6 is 0 Å². The summed E-state index contributed by atoms with van der Waals surface area (Å²) in [6.07, 6.45) is 4.65. The van der Waals surface area contributed by atoms with Crippen LogP contribution in [0.2, 0.25) is 0 Å². The van der Waals surface area contributed by atoms with E-state index in [-0.39, 0.29) is 32.7 Å². The molecule has 59 valence electrons. The molecule has 0 unspecified atom stereocenters. The molecular formula is C11H10Y-2. The van der Waals surface area contributed by atoms with Crippen LogP contribution < -0.4 is 0 Å². The summed E-state index contributed by atoms with van der Waals surface area (Å²) in [5, 5.41) is 0. The molecule has 0 fully saturated rings. The van der Waals surface area contributed by atoms with Crippen molar-refractivity contribution in [2.24, 2.45) is 0 Å². The van der Waals surface area contributed by atoms with E-state index in [1.807, 2.05) is 37.3 Å². The Morgan fingerprint density at radius 2 is 1.92 bits per heavy atom. The molecule has 1 radical (unpaired) electrons. The molecule has 0 aliphatic rings. The van der Waals surface area contributed by atoms with Crippen LogP contribution in [0.4, 0.5) is 0 Å². The second-order valence-corrected chi connectivity index (χ2v) is 2.25. The molecule has 1 aromatic carbocycles. The van der Waals surface area contributed by atoms with E-state index in [0.29, 0.717) is 0 Å². The maximum atomic E-state index is 5.70. The first-order valence-corrected chi connectivity index (χ1v) is 3.53. The zero-order valence-corrected chi connectivity index (χ0v) is 9.96. The van der Waals surface area contributed by atoms with Crippen molar-refractivity contribution in [2.45, 2.75) is 6.92 Å². The number of rotatable bonds is 2.